The molecule has 0 atom stereocenters. The van der Waals surface area contributed by atoms with Gasteiger partial charge < -0.3 is 20.0 Å². The summed E-state index contributed by atoms with van der Waals surface area (Å²) in [5.74, 6) is 0.453. The van der Waals surface area contributed by atoms with Crippen LogP contribution < -0.4 is 15.5 Å². The van der Waals surface area contributed by atoms with Crippen molar-refractivity contribution in [1.82, 2.24) is 10.3 Å². The third kappa shape index (κ3) is 4.72. The molecule has 0 saturated heterocycles. The molecule has 0 aliphatic rings. The zero-order valence-electron chi connectivity index (χ0n) is 15.1. The summed E-state index contributed by atoms with van der Waals surface area (Å²) in [7, 11) is 3.84. The van der Waals surface area contributed by atoms with Gasteiger partial charge in [-0.3, -0.25) is 9.59 Å². The van der Waals surface area contributed by atoms with E-state index in [0.29, 0.717) is 17.8 Å². The van der Waals surface area contributed by atoms with Gasteiger partial charge in [0.15, 0.2) is 5.76 Å². The molecule has 0 fully saturated rings. The van der Waals surface area contributed by atoms with Crippen LogP contribution in [0.5, 0.6) is 0 Å². The lowest BCUT2D eigenvalue weighted by Crippen LogP contribution is -2.23. The van der Waals surface area contributed by atoms with Crippen LogP contribution in [0, 0.1) is 0 Å². The summed E-state index contributed by atoms with van der Waals surface area (Å²) in [5, 5.41) is 5.55. The molecule has 0 aliphatic carbocycles. The Morgan fingerprint density at radius 2 is 1.93 bits per heavy atom. The van der Waals surface area contributed by atoms with Crippen LogP contribution in [0.25, 0.3) is 0 Å². The molecular formula is C20H20N4O3. The molecule has 27 heavy (non-hydrogen) atoms. The fraction of sp³-hybridized carbons (Fsp3) is 0.150. The smallest absolute Gasteiger partial charge is 0.291 e. The number of hydrogen-bond donors (Lipinski definition) is 2. The number of carbonyl (C=O) groups excluding carboxylic acids is 2. The molecule has 3 aromatic rings. The average molecular weight is 364 g/mol. The van der Waals surface area contributed by atoms with Crippen molar-refractivity contribution >= 4 is 23.3 Å². The predicted octanol–water partition coefficient (Wildman–Crippen LogP) is 2.92. The van der Waals surface area contributed by atoms with E-state index in [-0.39, 0.29) is 17.6 Å². The molecule has 0 saturated carbocycles. The van der Waals surface area contributed by atoms with Crippen LogP contribution in [-0.4, -0.2) is 30.9 Å². The van der Waals surface area contributed by atoms with Crippen molar-refractivity contribution in [2.75, 3.05) is 24.3 Å². The Morgan fingerprint density at radius 1 is 1.07 bits per heavy atom. The van der Waals surface area contributed by atoms with E-state index >= 15 is 0 Å². The Labute approximate surface area is 157 Å². The number of amides is 2. The van der Waals surface area contributed by atoms with Crippen molar-refractivity contribution in [3.05, 3.63) is 77.9 Å². The number of nitrogens with one attached hydrogen (secondary N) is 2. The summed E-state index contributed by atoms with van der Waals surface area (Å²) >= 11 is 0. The molecule has 1 aromatic carbocycles. The highest BCUT2D eigenvalue weighted by Gasteiger charge is 2.11. The number of carbonyl (C=O) groups is 2. The predicted molar refractivity (Wildman–Crippen MR) is 103 cm³/mol. The van der Waals surface area contributed by atoms with Crippen molar-refractivity contribution in [1.29, 1.82) is 0 Å². The molecule has 0 unspecified atom stereocenters. The summed E-state index contributed by atoms with van der Waals surface area (Å²) in [6, 6.07) is 13.7. The van der Waals surface area contributed by atoms with Crippen LogP contribution in [0.2, 0.25) is 0 Å². The van der Waals surface area contributed by atoms with E-state index in [1.54, 1.807) is 42.6 Å². The quantitative estimate of drug-likeness (QED) is 0.702. The number of pyridine rings is 1. The highest BCUT2D eigenvalue weighted by molar-refractivity contribution is 6.03. The minimum atomic E-state index is -0.371. The molecule has 0 radical (unpaired) electrons. The molecule has 0 aliphatic heterocycles. The molecule has 7 nitrogen and oxygen atoms in total. The van der Waals surface area contributed by atoms with Crippen molar-refractivity contribution in [2.24, 2.45) is 0 Å². The largest absolute Gasteiger partial charge is 0.459 e. The normalized spacial score (nSPS) is 10.3. The number of anilines is 2. The number of furan rings is 1. The zero-order chi connectivity index (χ0) is 19.2. The molecular weight excluding hydrogens is 344 g/mol. The van der Waals surface area contributed by atoms with Crippen LogP contribution in [-0.2, 0) is 6.54 Å². The number of rotatable bonds is 6. The summed E-state index contributed by atoms with van der Waals surface area (Å²) in [4.78, 5) is 30.6. The van der Waals surface area contributed by atoms with Crippen molar-refractivity contribution in [2.45, 2.75) is 6.54 Å². The van der Waals surface area contributed by atoms with Crippen LogP contribution in [0.1, 0.15) is 26.5 Å². The van der Waals surface area contributed by atoms with Crippen LogP contribution in [0.15, 0.2) is 65.4 Å². The van der Waals surface area contributed by atoms with E-state index in [1.807, 2.05) is 31.1 Å². The van der Waals surface area contributed by atoms with Gasteiger partial charge in [0.05, 0.1) is 6.26 Å². The van der Waals surface area contributed by atoms with E-state index < -0.39 is 0 Å². The van der Waals surface area contributed by atoms with E-state index in [0.717, 1.165) is 11.4 Å². The second-order valence-corrected chi connectivity index (χ2v) is 6.11. The Bertz CT molecular complexity index is 919. The van der Waals surface area contributed by atoms with E-state index in [1.165, 1.54) is 6.26 Å². The minimum absolute atomic E-state index is 0.207. The molecule has 2 amide bonds. The lowest BCUT2D eigenvalue weighted by molar-refractivity contribution is 0.0949. The first-order valence-corrected chi connectivity index (χ1v) is 8.38. The maximum Gasteiger partial charge on any atom is 0.291 e. The Balaban J connectivity index is 1.60. The molecule has 3 rings (SSSR count). The summed E-state index contributed by atoms with van der Waals surface area (Å²) < 4.78 is 5.06. The highest BCUT2D eigenvalue weighted by atomic mass is 16.3. The first-order chi connectivity index (χ1) is 13.0. The zero-order valence-corrected chi connectivity index (χ0v) is 15.1. The molecule has 7 heteroatoms. The van der Waals surface area contributed by atoms with Crippen LogP contribution in [0.3, 0.4) is 0 Å². The molecule has 2 heterocycles. The second kappa shape index (κ2) is 8.18. The van der Waals surface area contributed by atoms with Gasteiger partial charge in [0.2, 0.25) is 0 Å². The van der Waals surface area contributed by atoms with E-state index in [4.69, 9.17) is 4.42 Å². The topological polar surface area (TPSA) is 87.5 Å². The summed E-state index contributed by atoms with van der Waals surface area (Å²) in [6.45, 7) is 0.364. The molecule has 0 bridgehead atoms. The minimum Gasteiger partial charge on any atom is -0.459 e. The van der Waals surface area contributed by atoms with Crippen LogP contribution in [0.4, 0.5) is 11.5 Å². The fourth-order valence-corrected chi connectivity index (χ4v) is 2.41. The molecule has 0 spiro atoms. The third-order valence-electron chi connectivity index (χ3n) is 3.85. The summed E-state index contributed by atoms with van der Waals surface area (Å²) in [5.41, 5.74) is 1.86. The molecule has 2 aromatic heterocycles. The standard InChI is InChI=1S/C20H20N4O3/c1-24(2)18-9-8-14(12-21-18)13-22-19(25)15-5-3-6-16(11-15)23-20(26)17-7-4-10-27-17/h3-12H,13H2,1-2H3,(H,22,25)(H,23,26). The second-order valence-electron chi connectivity index (χ2n) is 6.11. The monoisotopic (exact) mass is 364 g/mol. The Hall–Kier alpha value is -3.61. The van der Waals surface area contributed by atoms with Gasteiger partial charge in [-0.25, -0.2) is 4.98 Å². The number of benzene rings is 1. The Morgan fingerprint density at radius 3 is 2.59 bits per heavy atom. The number of aromatic nitrogens is 1. The SMILES string of the molecule is CN(C)c1ccc(CNC(=O)c2cccc(NC(=O)c3ccco3)c2)cn1. The third-order valence-corrected chi connectivity index (χ3v) is 3.85. The number of nitrogens with zero attached hydrogens (tertiary/aromatic N) is 2. The molecule has 138 valence electrons. The lowest BCUT2D eigenvalue weighted by atomic mass is 10.1. The van der Waals surface area contributed by atoms with Crippen LogP contribution >= 0.6 is 0 Å². The van der Waals surface area contributed by atoms with Crippen molar-refractivity contribution in [3.63, 3.8) is 0 Å². The van der Waals surface area contributed by atoms with Crippen molar-refractivity contribution < 1.29 is 14.0 Å². The van der Waals surface area contributed by atoms with Gasteiger partial charge in [-0.15, -0.1) is 0 Å². The number of hydrogen-bond acceptors (Lipinski definition) is 5. The first-order valence-electron chi connectivity index (χ1n) is 8.38. The highest BCUT2D eigenvalue weighted by Crippen LogP contribution is 2.13. The summed E-state index contributed by atoms with van der Waals surface area (Å²) in [6.07, 6.45) is 3.16. The lowest BCUT2D eigenvalue weighted by Gasteiger charge is -2.11. The maximum absolute atomic E-state index is 12.4. The average Bonchev–Trinajstić information content (AvgIpc) is 3.21. The molecule has 2 N–H and O–H groups in total. The van der Waals surface area contributed by atoms with Gasteiger partial charge in [-0.05, 0) is 42.0 Å². The Kier molecular flexibility index (Phi) is 5.51. The first kappa shape index (κ1) is 18.2. The van der Waals surface area contributed by atoms with Crippen molar-refractivity contribution in [3.8, 4) is 0 Å². The van der Waals surface area contributed by atoms with E-state index in [2.05, 4.69) is 15.6 Å². The van der Waals surface area contributed by atoms with Gasteiger partial charge in [0.25, 0.3) is 11.8 Å². The van der Waals surface area contributed by atoms with Gasteiger partial charge in [0, 0.05) is 38.1 Å². The van der Waals surface area contributed by atoms with E-state index in [9.17, 15) is 9.59 Å². The maximum atomic E-state index is 12.4. The van der Waals surface area contributed by atoms with Gasteiger partial charge >= 0.3 is 0 Å². The fourth-order valence-electron chi connectivity index (χ4n) is 2.41. The van der Waals surface area contributed by atoms with Gasteiger partial charge in [-0.2, -0.15) is 0 Å². The van der Waals surface area contributed by atoms with Gasteiger partial charge in [0.1, 0.15) is 5.82 Å². The van der Waals surface area contributed by atoms with Gasteiger partial charge in [-0.1, -0.05) is 12.1 Å².